The molecular formula is C9H20. The summed E-state index contributed by atoms with van der Waals surface area (Å²) in [6.45, 7) is 11.8. The van der Waals surface area contributed by atoms with E-state index in [-0.39, 0.29) is 10.8 Å². The molecule has 0 aromatic heterocycles. The van der Waals surface area contributed by atoms with Gasteiger partial charge in [-0.25, -0.2) is 0 Å². The normalized spacial score (nSPS) is 18.9. The molecule has 0 spiro atoms. The summed E-state index contributed by atoms with van der Waals surface area (Å²) < 4.78 is 15.3. The molecule has 0 radical (unpaired) electrons. The largest absolute Gasteiger partial charge is 0.0649 e. The van der Waals surface area contributed by atoms with Crippen molar-refractivity contribution in [3.63, 3.8) is 0 Å². The highest BCUT2D eigenvalue weighted by molar-refractivity contribution is 4.80. The van der Waals surface area contributed by atoms with Crippen LogP contribution in [-0.2, 0) is 0 Å². The average molecular weight is 130 g/mol. The van der Waals surface area contributed by atoms with Crippen LogP contribution in [0.2, 0.25) is 0 Å². The summed E-state index contributed by atoms with van der Waals surface area (Å²) in [4.78, 5) is 0. The molecule has 0 N–H and O–H groups in total. The van der Waals surface area contributed by atoms with Crippen molar-refractivity contribution >= 4 is 0 Å². The third-order valence-electron chi connectivity index (χ3n) is 2.50. The Morgan fingerprint density at radius 2 is 1.44 bits per heavy atom. The van der Waals surface area contributed by atoms with Crippen LogP contribution in [0, 0.1) is 10.8 Å². The molecule has 0 rings (SSSR count). The van der Waals surface area contributed by atoms with Crippen LogP contribution in [0.15, 0.2) is 0 Å². The topological polar surface area (TPSA) is 0 Å². The maximum absolute atomic E-state index is 7.66. The van der Waals surface area contributed by atoms with Gasteiger partial charge in [-0.1, -0.05) is 47.9 Å². The molecule has 0 aliphatic carbocycles. The van der Waals surface area contributed by atoms with Gasteiger partial charge in [0.1, 0.15) is 0 Å². The molecule has 0 saturated carbocycles. The molecule has 0 aromatic rings. The monoisotopic (exact) mass is 130 g/mol. The third-order valence-corrected chi connectivity index (χ3v) is 2.50. The first-order valence-electron chi connectivity index (χ1n) is 4.50. The summed E-state index contributed by atoms with van der Waals surface area (Å²) in [5, 5.41) is 0. The lowest BCUT2D eigenvalue weighted by Crippen LogP contribution is -2.28. The zero-order valence-electron chi connectivity index (χ0n) is 9.50. The second kappa shape index (κ2) is 2.32. The van der Waals surface area contributed by atoms with E-state index in [1.807, 2.05) is 13.8 Å². The van der Waals surface area contributed by atoms with Gasteiger partial charge in [-0.3, -0.25) is 0 Å². The van der Waals surface area contributed by atoms with Gasteiger partial charge in [0.25, 0.3) is 0 Å². The molecule has 0 aromatic carbocycles. The molecule has 0 unspecified atom stereocenters. The minimum atomic E-state index is -1.12. The van der Waals surface area contributed by atoms with Gasteiger partial charge in [0.15, 0.2) is 0 Å². The van der Waals surface area contributed by atoms with Crippen LogP contribution in [-0.4, -0.2) is 0 Å². The lowest BCUT2D eigenvalue weighted by Gasteiger charge is -2.37. The highest BCUT2D eigenvalue weighted by atomic mass is 14.3. The molecule has 0 nitrogen and oxygen atoms in total. The van der Waals surface area contributed by atoms with Crippen LogP contribution in [0.5, 0.6) is 0 Å². The Kier molecular flexibility index (Phi) is 1.48. The first kappa shape index (κ1) is 5.76. The molecule has 0 heterocycles. The molecule has 0 atom stereocenters. The Bertz CT molecular complexity index is 119. The van der Waals surface area contributed by atoms with Gasteiger partial charge in [0, 0.05) is 2.74 Å². The molecule has 0 aliphatic rings. The standard InChI is InChI=1S/C9H20/c1-7-9(5,6)8(2,3)4/h7H2,1-6H3/i7D2. The Morgan fingerprint density at radius 3 is 1.44 bits per heavy atom. The van der Waals surface area contributed by atoms with Gasteiger partial charge in [-0.05, 0) is 10.8 Å². The molecular weight excluding hydrogens is 108 g/mol. The van der Waals surface area contributed by atoms with E-state index in [1.165, 1.54) is 0 Å². The molecule has 9 heavy (non-hydrogen) atoms. The zero-order chi connectivity index (χ0) is 9.50. The van der Waals surface area contributed by atoms with Crippen LogP contribution >= 0.6 is 0 Å². The van der Waals surface area contributed by atoms with Crippen LogP contribution in [0.3, 0.4) is 0 Å². The quantitative estimate of drug-likeness (QED) is 0.510. The van der Waals surface area contributed by atoms with Gasteiger partial charge in [0.2, 0.25) is 0 Å². The Balaban J connectivity index is 4.75. The van der Waals surface area contributed by atoms with Crippen molar-refractivity contribution in [1.29, 1.82) is 0 Å². The summed E-state index contributed by atoms with van der Waals surface area (Å²) >= 11 is 0. The van der Waals surface area contributed by atoms with Crippen LogP contribution in [0.4, 0.5) is 0 Å². The lowest BCUT2D eigenvalue weighted by atomic mass is 9.68. The van der Waals surface area contributed by atoms with E-state index in [0.29, 0.717) is 0 Å². The van der Waals surface area contributed by atoms with Crippen LogP contribution < -0.4 is 0 Å². The minimum absolute atomic E-state index is 0.00521. The van der Waals surface area contributed by atoms with Crippen LogP contribution in [0.1, 0.15) is 50.7 Å². The van der Waals surface area contributed by atoms with E-state index < -0.39 is 6.37 Å². The highest BCUT2D eigenvalue weighted by Crippen LogP contribution is 2.40. The first-order chi connectivity index (χ1) is 4.50. The number of rotatable bonds is 1. The summed E-state index contributed by atoms with van der Waals surface area (Å²) in [6, 6.07) is 0. The molecule has 0 bridgehead atoms. The molecule has 0 aliphatic heterocycles. The van der Waals surface area contributed by atoms with E-state index in [0.717, 1.165) is 0 Å². The van der Waals surface area contributed by atoms with Crippen molar-refractivity contribution in [2.45, 2.75) is 47.9 Å². The Labute approximate surface area is 62.5 Å². The maximum Gasteiger partial charge on any atom is 0.0269 e. The van der Waals surface area contributed by atoms with E-state index in [1.54, 1.807) is 6.92 Å². The molecule has 0 saturated heterocycles. The SMILES string of the molecule is [2H]C([2H])(C)C(C)(C)C(C)(C)C. The molecule has 0 amide bonds. The van der Waals surface area contributed by atoms with Crippen molar-refractivity contribution in [3.05, 3.63) is 0 Å². The lowest BCUT2D eigenvalue weighted by molar-refractivity contribution is 0.126. The predicted octanol–water partition coefficient (Wildman–Crippen LogP) is 3.47. The molecule has 56 valence electrons. The molecule has 0 fully saturated rings. The highest BCUT2D eigenvalue weighted by Gasteiger charge is 2.30. The fraction of sp³-hybridized carbons (Fsp3) is 1.00. The fourth-order valence-corrected chi connectivity index (χ4v) is 0.375. The summed E-state index contributed by atoms with van der Waals surface area (Å²) in [5.74, 6) is 0. The second-order valence-corrected chi connectivity index (χ2v) is 4.12. The van der Waals surface area contributed by atoms with Gasteiger partial charge in [0.05, 0.1) is 0 Å². The van der Waals surface area contributed by atoms with Gasteiger partial charge in [-0.15, -0.1) is 0 Å². The van der Waals surface area contributed by atoms with Crippen LogP contribution in [0.25, 0.3) is 0 Å². The number of hydrogen-bond donors (Lipinski definition) is 0. The Morgan fingerprint density at radius 1 is 1.11 bits per heavy atom. The smallest absolute Gasteiger partial charge is 0.0269 e. The van der Waals surface area contributed by atoms with Crippen molar-refractivity contribution in [1.82, 2.24) is 0 Å². The zero-order valence-corrected chi connectivity index (χ0v) is 7.50. The van der Waals surface area contributed by atoms with E-state index in [4.69, 9.17) is 2.74 Å². The first-order valence-corrected chi connectivity index (χ1v) is 3.50. The van der Waals surface area contributed by atoms with Crippen molar-refractivity contribution in [3.8, 4) is 0 Å². The molecule has 0 heteroatoms. The average Bonchev–Trinajstić information content (AvgIpc) is 1.58. The summed E-state index contributed by atoms with van der Waals surface area (Å²) in [5.41, 5.74) is -0.286. The maximum atomic E-state index is 7.66. The third kappa shape index (κ3) is 2.00. The fourth-order valence-electron chi connectivity index (χ4n) is 0.375. The van der Waals surface area contributed by atoms with E-state index in [9.17, 15) is 0 Å². The summed E-state index contributed by atoms with van der Waals surface area (Å²) in [6.07, 6.45) is -1.12. The summed E-state index contributed by atoms with van der Waals surface area (Å²) in [7, 11) is 0. The second-order valence-electron chi connectivity index (χ2n) is 4.12. The van der Waals surface area contributed by atoms with E-state index in [2.05, 4.69) is 20.8 Å². The minimum Gasteiger partial charge on any atom is -0.0649 e. The van der Waals surface area contributed by atoms with Gasteiger partial charge in [-0.2, -0.15) is 0 Å². The van der Waals surface area contributed by atoms with Crippen molar-refractivity contribution < 1.29 is 2.74 Å². The predicted molar refractivity (Wildman–Crippen MR) is 43.5 cm³/mol. The Hall–Kier alpha value is 0. The van der Waals surface area contributed by atoms with Crippen molar-refractivity contribution in [2.75, 3.05) is 0 Å². The number of hydrogen-bond acceptors (Lipinski definition) is 0. The van der Waals surface area contributed by atoms with E-state index >= 15 is 0 Å². The van der Waals surface area contributed by atoms with Gasteiger partial charge >= 0.3 is 0 Å². The van der Waals surface area contributed by atoms with Gasteiger partial charge < -0.3 is 0 Å². The van der Waals surface area contributed by atoms with Crippen molar-refractivity contribution in [2.24, 2.45) is 10.8 Å².